The zero-order valence-corrected chi connectivity index (χ0v) is 11.5. The third-order valence-corrected chi connectivity index (χ3v) is 3.63. The number of carbonyl (C=O) groups is 1. The molecule has 1 amide bonds. The summed E-state index contributed by atoms with van der Waals surface area (Å²) in [6.07, 6.45) is 7.09. The van der Waals surface area contributed by atoms with Crippen LogP contribution in [0.5, 0.6) is 0 Å². The van der Waals surface area contributed by atoms with Gasteiger partial charge in [0.25, 0.3) is 0 Å². The van der Waals surface area contributed by atoms with E-state index in [-0.39, 0.29) is 0 Å². The van der Waals surface area contributed by atoms with Crippen molar-refractivity contribution in [2.45, 2.75) is 32.6 Å². The van der Waals surface area contributed by atoms with E-state index in [1.165, 1.54) is 27.8 Å². The molecule has 0 saturated carbocycles. The van der Waals surface area contributed by atoms with Crippen LogP contribution in [-0.4, -0.2) is 13.0 Å². The van der Waals surface area contributed by atoms with Gasteiger partial charge >= 0.3 is 0 Å². The fraction of sp³-hybridized carbons (Fsp3) is 0.353. The van der Waals surface area contributed by atoms with Crippen molar-refractivity contribution in [3.8, 4) is 0 Å². The highest BCUT2D eigenvalue weighted by Crippen LogP contribution is 2.33. The van der Waals surface area contributed by atoms with Gasteiger partial charge in [-0.05, 0) is 53.5 Å². The number of hydrogen-bond acceptors (Lipinski definition) is 1. The van der Waals surface area contributed by atoms with Crippen molar-refractivity contribution in [2.75, 3.05) is 6.54 Å². The first-order chi connectivity index (χ1) is 9.26. The molecule has 0 aliphatic heterocycles. The topological polar surface area (TPSA) is 29.1 Å². The largest absolute Gasteiger partial charge is 0.358 e. The Morgan fingerprint density at radius 1 is 1.42 bits per heavy atom. The second-order valence-corrected chi connectivity index (χ2v) is 4.94. The molecule has 2 nitrogen and oxygen atoms in total. The minimum absolute atomic E-state index is 0.694. The predicted octanol–water partition coefficient (Wildman–Crippen LogP) is 3.58. The average Bonchev–Trinajstić information content (AvgIpc) is 2.79. The fourth-order valence-electron chi connectivity index (χ4n) is 2.64. The number of fused-ring (bicyclic) bond motifs is 1. The highest BCUT2D eigenvalue weighted by atomic mass is 16.1. The van der Waals surface area contributed by atoms with Gasteiger partial charge in [0.1, 0.15) is 0 Å². The Balaban J connectivity index is 2.20. The third-order valence-electron chi connectivity index (χ3n) is 3.63. The lowest BCUT2D eigenvalue weighted by Gasteiger charge is -2.10. The van der Waals surface area contributed by atoms with Crippen LogP contribution in [0.15, 0.2) is 30.9 Å². The van der Waals surface area contributed by atoms with E-state index in [1.54, 1.807) is 0 Å². The number of hydrogen-bond donors (Lipinski definition) is 1. The van der Waals surface area contributed by atoms with E-state index >= 15 is 0 Å². The lowest BCUT2D eigenvalue weighted by Crippen LogP contribution is -2.12. The smallest absolute Gasteiger partial charge is 0.207 e. The molecule has 0 heterocycles. The third kappa shape index (κ3) is 3.14. The van der Waals surface area contributed by atoms with E-state index in [4.69, 9.17) is 0 Å². The van der Waals surface area contributed by atoms with Crippen LogP contribution in [-0.2, 0) is 11.2 Å². The molecule has 2 rings (SSSR count). The molecule has 0 radical (unpaired) electrons. The van der Waals surface area contributed by atoms with Gasteiger partial charge in [0.05, 0.1) is 0 Å². The summed E-state index contributed by atoms with van der Waals surface area (Å²) in [7, 11) is 0. The molecule has 1 aliphatic rings. The van der Waals surface area contributed by atoms with Crippen LogP contribution >= 0.6 is 0 Å². The van der Waals surface area contributed by atoms with Gasteiger partial charge in [0.15, 0.2) is 0 Å². The summed E-state index contributed by atoms with van der Waals surface area (Å²) >= 11 is 0. The number of amides is 1. The summed E-state index contributed by atoms with van der Waals surface area (Å²) in [5.41, 5.74) is 6.59. The normalized spacial score (nSPS) is 14.4. The van der Waals surface area contributed by atoms with Gasteiger partial charge in [-0.25, -0.2) is 0 Å². The molecule has 0 spiro atoms. The molecule has 0 aromatic heterocycles. The highest BCUT2D eigenvalue weighted by Gasteiger charge is 2.15. The van der Waals surface area contributed by atoms with Crippen molar-refractivity contribution >= 4 is 17.6 Å². The number of carbonyl (C=O) groups excluding carboxylic acids is 1. The molecule has 19 heavy (non-hydrogen) atoms. The van der Waals surface area contributed by atoms with E-state index in [1.807, 2.05) is 0 Å². The summed E-state index contributed by atoms with van der Waals surface area (Å²) in [4.78, 5) is 10.3. The molecule has 100 valence electrons. The highest BCUT2D eigenvalue weighted by molar-refractivity contribution is 5.75. The molecular weight excluding hydrogens is 234 g/mol. The maximum absolute atomic E-state index is 10.3. The standard InChI is InChI=1S/C17H21NO/c1-3-4-14(9-10-18-12-19)15-7-8-17-13(2)5-6-16(17)11-15/h4,7-8,11-12H,2-3,5-6,9-10H2,1H3,(H,18,19)/b14-4+. The van der Waals surface area contributed by atoms with Crippen molar-refractivity contribution in [1.29, 1.82) is 0 Å². The van der Waals surface area contributed by atoms with E-state index in [0.717, 1.165) is 32.1 Å². The number of benzene rings is 1. The van der Waals surface area contributed by atoms with Crippen LogP contribution in [0, 0.1) is 0 Å². The first kappa shape index (κ1) is 13.6. The van der Waals surface area contributed by atoms with Crippen LogP contribution in [0.3, 0.4) is 0 Å². The van der Waals surface area contributed by atoms with E-state index in [0.29, 0.717) is 6.54 Å². The zero-order valence-electron chi connectivity index (χ0n) is 11.5. The van der Waals surface area contributed by atoms with Crippen LogP contribution in [0.2, 0.25) is 0 Å². The van der Waals surface area contributed by atoms with Gasteiger partial charge in [-0.2, -0.15) is 0 Å². The molecule has 1 N–H and O–H groups in total. The van der Waals surface area contributed by atoms with E-state index in [9.17, 15) is 4.79 Å². The Morgan fingerprint density at radius 3 is 3.00 bits per heavy atom. The molecule has 0 fully saturated rings. The molecule has 1 aromatic rings. The van der Waals surface area contributed by atoms with Gasteiger partial charge in [-0.1, -0.05) is 37.8 Å². The minimum atomic E-state index is 0.694. The van der Waals surface area contributed by atoms with Gasteiger partial charge in [-0.3, -0.25) is 4.79 Å². The summed E-state index contributed by atoms with van der Waals surface area (Å²) in [6, 6.07) is 6.66. The maximum Gasteiger partial charge on any atom is 0.207 e. The van der Waals surface area contributed by atoms with Gasteiger partial charge in [0.2, 0.25) is 6.41 Å². The van der Waals surface area contributed by atoms with Crippen molar-refractivity contribution < 1.29 is 4.79 Å². The fourth-order valence-corrected chi connectivity index (χ4v) is 2.64. The lowest BCUT2D eigenvalue weighted by atomic mass is 9.97. The predicted molar refractivity (Wildman–Crippen MR) is 80.7 cm³/mol. The lowest BCUT2D eigenvalue weighted by molar-refractivity contribution is -0.109. The first-order valence-electron chi connectivity index (χ1n) is 6.93. The summed E-state index contributed by atoms with van der Waals surface area (Å²) in [6.45, 7) is 6.94. The van der Waals surface area contributed by atoms with Crippen LogP contribution in [0.1, 0.15) is 42.9 Å². The Morgan fingerprint density at radius 2 is 2.26 bits per heavy atom. The Labute approximate surface area is 115 Å². The number of aryl methyl sites for hydroxylation is 1. The second-order valence-electron chi connectivity index (χ2n) is 4.94. The van der Waals surface area contributed by atoms with Gasteiger partial charge in [-0.15, -0.1) is 0 Å². The molecule has 1 aliphatic carbocycles. The second kappa shape index (κ2) is 6.37. The van der Waals surface area contributed by atoms with Gasteiger partial charge in [0, 0.05) is 6.54 Å². The molecule has 0 unspecified atom stereocenters. The van der Waals surface area contributed by atoms with Crippen LogP contribution in [0.25, 0.3) is 11.1 Å². The SMILES string of the molecule is C=C1CCc2cc(/C(=C/CC)CCNC=O)ccc21. The molecule has 0 atom stereocenters. The molecule has 0 bridgehead atoms. The Bertz CT molecular complexity index is 514. The van der Waals surface area contributed by atoms with Crippen molar-refractivity contribution in [3.63, 3.8) is 0 Å². The number of allylic oxidation sites excluding steroid dienone is 2. The average molecular weight is 255 g/mol. The van der Waals surface area contributed by atoms with Crippen molar-refractivity contribution in [3.05, 3.63) is 47.5 Å². The van der Waals surface area contributed by atoms with Crippen LogP contribution in [0.4, 0.5) is 0 Å². The van der Waals surface area contributed by atoms with E-state index < -0.39 is 0 Å². The van der Waals surface area contributed by atoms with Crippen LogP contribution < -0.4 is 5.32 Å². The van der Waals surface area contributed by atoms with Crippen molar-refractivity contribution in [2.24, 2.45) is 0 Å². The van der Waals surface area contributed by atoms with E-state index in [2.05, 4.69) is 43.1 Å². The van der Waals surface area contributed by atoms with Crippen molar-refractivity contribution in [1.82, 2.24) is 5.32 Å². The maximum atomic E-state index is 10.3. The molecule has 2 heteroatoms. The number of rotatable bonds is 6. The summed E-state index contributed by atoms with van der Waals surface area (Å²) in [5.74, 6) is 0. The number of nitrogens with one attached hydrogen (secondary N) is 1. The monoisotopic (exact) mass is 255 g/mol. The summed E-state index contributed by atoms with van der Waals surface area (Å²) < 4.78 is 0. The quantitative estimate of drug-likeness (QED) is 0.611. The zero-order chi connectivity index (χ0) is 13.7. The molecule has 0 saturated heterocycles. The molecule has 1 aromatic carbocycles. The Kier molecular flexibility index (Phi) is 4.56. The molecular formula is C17H21NO. The minimum Gasteiger partial charge on any atom is -0.358 e. The summed E-state index contributed by atoms with van der Waals surface area (Å²) in [5, 5.41) is 2.73. The first-order valence-corrected chi connectivity index (χ1v) is 6.93. The Hall–Kier alpha value is -1.83. The van der Waals surface area contributed by atoms with Gasteiger partial charge < -0.3 is 5.32 Å².